The number of aryl methyl sites for hydroxylation is 1. The van der Waals surface area contributed by atoms with E-state index in [1.165, 1.54) is 11.1 Å². The summed E-state index contributed by atoms with van der Waals surface area (Å²) in [5, 5.41) is 19.8. The fraction of sp³-hybridized carbons (Fsp3) is 0.684. The first kappa shape index (κ1) is 18.4. The first-order valence-corrected chi connectivity index (χ1v) is 8.65. The van der Waals surface area contributed by atoms with Crippen molar-refractivity contribution in [3.63, 3.8) is 0 Å². The van der Waals surface area contributed by atoms with E-state index in [1.807, 2.05) is 20.8 Å². The topological polar surface area (TPSA) is 52.9 Å². The third-order valence-electron chi connectivity index (χ3n) is 4.32. The highest BCUT2D eigenvalue weighted by Crippen LogP contribution is 2.34. The van der Waals surface area contributed by atoms with Crippen molar-refractivity contribution in [3.8, 4) is 0 Å². The average Bonchev–Trinajstić information content (AvgIpc) is 2.51. The van der Waals surface area contributed by atoms with E-state index in [2.05, 4.69) is 29.2 Å². The maximum absolute atomic E-state index is 10.3. The minimum absolute atomic E-state index is 0.103. The van der Waals surface area contributed by atoms with E-state index in [0.29, 0.717) is 19.7 Å². The van der Waals surface area contributed by atoms with Gasteiger partial charge in [0.15, 0.2) is 0 Å². The van der Waals surface area contributed by atoms with Crippen LogP contribution in [0.1, 0.15) is 50.8 Å². The van der Waals surface area contributed by atoms with Crippen LogP contribution in [0.2, 0.25) is 0 Å². The molecule has 4 heteroatoms. The summed E-state index contributed by atoms with van der Waals surface area (Å²) in [4.78, 5) is 2.20. The molecule has 0 amide bonds. The molecule has 1 aromatic carbocycles. The summed E-state index contributed by atoms with van der Waals surface area (Å²) in [5.74, 6) is 0. The third kappa shape index (κ3) is 5.57. The van der Waals surface area contributed by atoms with Crippen molar-refractivity contribution in [3.05, 3.63) is 35.4 Å². The van der Waals surface area contributed by atoms with Crippen LogP contribution in [0.3, 0.4) is 0 Å². The van der Waals surface area contributed by atoms with Gasteiger partial charge in [-0.1, -0.05) is 24.3 Å². The number of fused-ring (bicyclic) bond motifs is 1. The predicted molar refractivity (Wildman–Crippen MR) is 92.5 cm³/mol. The Labute approximate surface area is 140 Å². The molecule has 1 aliphatic rings. The quantitative estimate of drug-likeness (QED) is 0.810. The maximum Gasteiger partial charge on any atom is 0.0900 e. The van der Waals surface area contributed by atoms with E-state index in [4.69, 9.17) is 4.74 Å². The summed E-state index contributed by atoms with van der Waals surface area (Å²) in [5.41, 5.74) is 2.49. The first-order valence-electron chi connectivity index (χ1n) is 8.65. The molecular formula is C19H31NO3. The number of ether oxygens (including phenoxy) is 1. The van der Waals surface area contributed by atoms with Gasteiger partial charge in [0.1, 0.15) is 0 Å². The van der Waals surface area contributed by atoms with Gasteiger partial charge in [-0.25, -0.2) is 0 Å². The number of hydrogen-bond acceptors (Lipinski definition) is 4. The predicted octanol–water partition coefficient (Wildman–Crippen LogP) is 2.53. The normalized spacial score (nSPS) is 19.7. The second kappa shape index (κ2) is 8.25. The Balaban J connectivity index is 2.04. The molecule has 2 unspecified atom stereocenters. The van der Waals surface area contributed by atoms with Crippen LogP contribution in [0.4, 0.5) is 0 Å². The van der Waals surface area contributed by atoms with Gasteiger partial charge in [-0.05, 0) is 51.2 Å². The Morgan fingerprint density at radius 1 is 1.30 bits per heavy atom. The zero-order chi connectivity index (χ0) is 16.9. The van der Waals surface area contributed by atoms with Crippen molar-refractivity contribution in [2.24, 2.45) is 0 Å². The minimum atomic E-state index is -0.546. The van der Waals surface area contributed by atoms with E-state index in [9.17, 15) is 10.2 Å². The van der Waals surface area contributed by atoms with Crippen molar-refractivity contribution in [2.75, 3.05) is 26.3 Å². The van der Waals surface area contributed by atoms with Crippen molar-refractivity contribution >= 4 is 0 Å². The highest BCUT2D eigenvalue weighted by Gasteiger charge is 2.27. The summed E-state index contributed by atoms with van der Waals surface area (Å²) in [6.07, 6.45) is 2.80. The Bertz CT molecular complexity index is 484. The summed E-state index contributed by atoms with van der Waals surface area (Å²) in [6, 6.07) is 8.81. The summed E-state index contributed by atoms with van der Waals surface area (Å²) >= 11 is 0. The van der Waals surface area contributed by atoms with Gasteiger partial charge in [-0.3, -0.25) is 4.90 Å². The van der Waals surface area contributed by atoms with Crippen LogP contribution in [-0.4, -0.2) is 53.1 Å². The molecule has 0 bridgehead atoms. The molecule has 2 rings (SSSR count). The van der Waals surface area contributed by atoms with Crippen LogP contribution in [-0.2, 0) is 11.2 Å². The molecule has 1 aromatic rings. The lowest BCUT2D eigenvalue weighted by atomic mass is 9.86. The molecule has 0 heterocycles. The van der Waals surface area contributed by atoms with Crippen LogP contribution >= 0.6 is 0 Å². The number of aliphatic hydroxyl groups excluding tert-OH is 2. The third-order valence-corrected chi connectivity index (χ3v) is 4.32. The van der Waals surface area contributed by atoms with Gasteiger partial charge in [-0.15, -0.1) is 0 Å². The lowest BCUT2D eigenvalue weighted by Gasteiger charge is -2.37. The van der Waals surface area contributed by atoms with Gasteiger partial charge in [0.2, 0.25) is 0 Å². The van der Waals surface area contributed by atoms with Crippen LogP contribution in [0, 0.1) is 0 Å². The zero-order valence-electron chi connectivity index (χ0n) is 14.7. The highest BCUT2D eigenvalue weighted by molar-refractivity contribution is 5.32. The van der Waals surface area contributed by atoms with E-state index < -0.39 is 6.10 Å². The van der Waals surface area contributed by atoms with Gasteiger partial charge in [0.25, 0.3) is 0 Å². The lowest BCUT2D eigenvalue weighted by molar-refractivity contribution is -0.0605. The van der Waals surface area contributed by atoms with Crippen molar-refractivity contribution < 1.29 is 14.9 Å². The monoisotopic (exact) mass is 321 g/mol. The number of benzene rings is 1. The van der Waals surface area contributed by atoms with Crippen LogP contribution < -0.4 is 0 Å². The molecule has 23 heavy (non-hydrogen) atoms. The maximum atomic E-state index is 10.3. The van der Waals surface area contributed by atoms with Crippen LogP contribution in [0.15, 0.2) is 24.3 Å². The summed E-state index contributed by atoms with van der Waals surface area (Å²) < 4.78 is 5.69. The standard InChI is InChI=1S/C19H31NO3/c1-19(2,3)23-14-16(22)13-20(11-12-21)18-10-6-8-15-7-4-5-9-17(15)18/h4-5,7,9,16,18,21-22H,6,8,10-14H2,1-3H3. The Hall–Kier alpha value is -0.940. The van der Waals surface area contributed by atoms with Gasteiger partial charge in [0.05, 0.1) is 24.9 Å². The largest absolute Gasteiger partial charge is 0.395 e. The highest BCUT2D eigenvalue weighted by atomic mass is 16.5. The Kier molecular flexibility index (Phi) is 6.60. The molecule has 2 atom stereocenters. The Morgan fingerprint density at radius 2 is 2.04 bits per heavy atom. The van der Waals surface area contributed by atoms with Gasteiger partial charge >= 0.3 is 0 Å². The minimum Gasteiger partial charge on any atom is -0.395 e. The smallest absolute Gasteiger partial charge is 0.0900 e. The van der Waals surface area contributed by atoms with Gasteiger partial charge in [0, 0.05) is 19.1 Å². The zero-order valence-corrected chi connectivity index (χ0v) is 14.7. The molecule has 130 valence electrons. The van der Waals surface area contributed by atoms with E-state index in [-0.39, 0.29) is 18.2 Å². The number of rotatable bonds is 7. The van der Waals surface area contributed by atoms with Crippen LogP contribution in [0.5, 0.6) is 0 Å². The van der Waals surface area contributed by atoms with Crippen molar-refractivity contribution in [1.82, 2.24) is 4.90 Å². The van der Waals surface area contributed by atoms with Crippen molar-refractivity contribution in [2.45, 2.75) is 57.8 Å². The molecule has 4 nitrogen and oxygen atoms in total. The summed E-state index contributed by atoms with van der Waals surface area (Å²) in [6.45, 7) is 7.49. The molecule has 0 fully saturated rings. The average molecular weight is 321 g/mol. The molecule has 0 spiro atoms. The number of aliphatic hydroxyl groups is 2. The molecular weight excluding hydrogens is 290 g/mol. The van der Waals surface area contributed by atoms with Gasteiger partial charge in [-0.2, -0.15) is 0 Å². The van der Waals surface area contributed by atoms with Crippen molar-refractivity contribution in [1.29, 1.82) is 0 Å². The SMILES string of the molecule is CC(C)(C)OCC(O)CN(CCO)C1CCCc2ccccc21. The van der Waals surface area contributed by atoms with Gasteiger partial charge < -0.3 is 14.9 Å². The second-order valence-corrected chi connectivity index (χ2v) is 7.40. The summed E-state index contributed by atoms with van der Waals surface area (Å²) in [7, 11) is 0. The first-order chi connectivity index (χ1) is 10.9. The van der Waals surface area contributed by atoms with E-state index in [1.54, 1.807) is 0 Å². The number of nitrogens with zero attached hydrogens (tertiary/aromatic N) is 1. The molecule has 0 radical (unpaired) electrons. The number of hydrogen-bond donors (Lipinski definition) is 2. The van der Waals surface area contributed by atoms with E-state index >= 15 is 0 Å². The van der Waals surface area contributed by atoms with E-state index in [0.717, 1.165) is 19.3 Å². The molecule has 0 saturated carbocycles. The fourth-order valence-corrected chi connectivity index (χ4v) is 3.28. The van der Waals surface area contributed by atoms with Crippen LogP contribution in [0.25, 0.3) is 0 Å². The molecule has 0 saturated heterocycles. The lowest BCUT2D eigenvalue weighted by Crippen LogP contribution is -2.41. The Morgan fingerprint density at radius 3 is 2.74 bits per heavy atom. The molecule has 0 aromatic heterocycles. The fourth-order valence-electron chi connectivity index (χ4n) is 3.28. The molecule has 2 N–H and O–H groups in total. The molecule has 0 aliphatic heterocycles. The second-order valence-electron chi connectivity index (χ2n) is 7.40. The molecule has 1 aliphatic carbocycles.